The Kier molecular flexibility index (Phi) is 4.69. The van der Waals surface area contributed by atoms with Gasteiger partial charge in [-0.25, -0.2) is 0 Å². The zero-order chi connectivity index (χ0) is 15.9. The zero-order valence-corrected chi connectivity index (χ0v) is 12.9. The second-order valence-electron chi connectivity index (χ2n) is 5.22. The molecule has 3 aromatic carbocycles. The van der Waals surface area contributed by atoms with E-state index in [0.717, 1.165) is 22.7 Å². The lowest BCUT2D eigenvalue weighted by atomic mass is 10.2. The van der Waals surface area contributed by atoms with Gasteiger partial charge in [-0.1, -0.05) is 48.0 Å². The van der Waals surface area contributed by atoms with E-state index in [0.29, 0.717) is 0 Å². The quantitative estimate of drug-likeness (QED) is 0.517. The summed E-state index contributed by atoms with van der Waals surface area (Å²) in [4.78, 5) is 0. The predicted molar refractivity (Wildman–Crippen MR) is 95.4 cm³/mol. The van der Waals surface area contributed by atoms with E-state index in [9.17, 15) is 0 Å². The number of aryl methyl sites for hydroxylation is 1. The first-order chi connectivity index (χ1) is 11.3. The zero-order valence-electron chi connectivity index (χ0n) is 12.9. The molecule has 0 spiro atoms. The molecule has 0 bridgehead atoms. The van der Waals surface area contributed by atoms with Crippen molar-refractivity contribution in [3.8, 4) is 11.5 Å². The third-order valence-corrected chi connectivity index (χ3v) is 3.30. The molecule has 3 heteroatoms. The molecule has 0 unspecified atom stereocenters. The van der Waals surface area contributed by atoms with E-state index in [1.807, 2.05) is 78.9 Å². The highest BCUT2D eigenvalue weighted by Gasteiger charge is 1.97. The van der Waals surface area contributed by atoms with Gasteiger partial charge in [0.05, 0.1) is 11.9 Å². The number of ether oxygens (including phenoxy) is 1. The van der Waals surface area contributed by atoms with Crippen LogP contribution in [-0.4, -0.2) is 6.21 Å². The van der Waals surface area contributed by atoms with Crippen molar-refractivity contribution in [2.24, 2.45) is 5.10 Å². The van der Waals surface area contributed by atoms with Crippen LogP contribution in [0.25, 0.3) is 0 Å². The van der Waals surface area contributed by atoms with Gasteiger partial charge >= 0.3 is 0 Å². The average molecular weight is 302 g/mol. The summed E-state index contributed by atoms with van der Waals surface area (Å²) in [5, 5.41) is 4.26. The summed E-state index contributed by atoms with van der Waals surface area (Å²) in [6.45, 7) is 2.06. The summed E-state index contributed by atoms with van der Waals surface area (Å²) >= 11 is 0. The third kappa shape index (κ3) is 4.45. The van der Waals surface area contributed by atoms with E-state index in [-0.39, 0.29) is 0 Å². The number of anilines is 1. The molecule has 0 saturated carbocycles. The minimum Gasteiger partial charge on any atom is -0.457 e. The van der Waals surface area contributed by atoms with Crippen molar-refractivity contribution in [3.05, 3.63) is 90.0 Å². The minimum atomic E-state index is 0.787. The van der Waals surface area contributed by atoms with E-state index in [4.69, 9.17) is 4.74 Å². The first-order valence-corrected chi connectivity index (χ1v) is 7.48. The average Bonchev–Trinajstić information content (AvgIpc) is 2.58. The number of hydrogen-bond donors (Lipinski definition) is 1. The Hall–Kier alpha value is -3.07. The molecule has 23 heavy (non-hydrogen) atoms. The van der Waals surface area contributed by atoms with Crippen molar-refractivity contribution in [2.45, 2.75) is 6.92 Å². The molecule has 0 aromatic heterocycles. The summed E-state index contributed by atoms with van der Waals surface area (Å²) in [7, 11) is 0. The molecule has 0 radical (unpaired) electrons. The number of rotatable bonds is 5. The fourth-order valence-electron chi connectivity index (χ4n) is 2.09. The maximum atomic E-state index is 5.81. The summed E-state index contributed by atoms with van der Waals surface area (Å²) in [5.74, 6) is 1.61. The van der Waals surface area contributed by atoms with Crippen LogP contribution >= 0.6 is 0 Å². The van der Waals surface area contributed by atoms with Crippen LogP contribution in [0.1, 0.15) is 11.1 Å². The van der Waals surface area contributed by atoms with Gasteiger partial charge in [-0.05, 0) is 48.9 Å². The molecular formula is C20H18N2O. The van der Waals surface area contributed by atoms with Crippen molar-refractivity contribution >= 4 is 11.9 Å². The van der Waals surface area contributed by atoms with Gasteiger partial charge in [-0.3, -0.25) is 5.43 Å². The highest BCUT2D eigenvalue weighted by atomic mass is 16.5. The topological polar surface area (TPSA) is 33.6 Å². The van der Waals surface area contributed by atoms with Crippen LogP contribution in [0.4, 0.5) is 5.69 Å². The van der Waals surface area contributed by atoms with Gasteiger partial charge in [0.1, 0.15) is 11.5 Å². The summed E-state index contributed by atoms with van der Waals surface area (Å²) in [6.07, 6.45) is 1.78. The Morgan fingerprint density at radius 2 is 1.57 bits per heavy atom. The van der Waals surface area contributed by atoms with Crippen molar-refractivity contribution in [1.82, 2.24) is 0 Å². The Morgan fingerprint density at radius 1 is 0.826 bits per heavy atom. The Labute approximate surface area is 136 Å². The van der Waals surface area contributed by atoms with Gasteiger partial charge in [-0.15, -0.1) is 0 Å². The third-order valence-electron chi connectivity index (χ3n) is 3.30. The highest BCUT2D eigenvalue weighted by molar-refractivity contribution is 5.80. The van der Waals surface area contributed by atoms with Crippen LogP contribution in [0.15, 0.2) is 84.0 Å². The summed E-state index contributed by atoms with van der Waals surface area (Å²) in [6, 6.07) is 25.6. The molecule has 0 heterocycles. The molecule has 0 aliphatic heterocycles. The van der Waals surface area contributed by atoms with E-state index < -0.39 is 0 Å². The molecule has 0 saturated heterocycles. The number of benzene rings is 3. The van der Waals surface area contributed by atoms with Crippen LogP contribution < -0.4 is 10.2 Å². The fraction of sp³-hybridized carbons (Fsp3) is 0.0500. The largest absolute Gasteiger partial charge is 0.457 e. The van der Waals surface area contributed by atoms with E-state index in [1.54, 1.807) is 6.21 Å². The molecule has 3 aromatic rings. The van der Waals surface area contributed by atoms with Crippen molar-refractivity contribution < 1.29 is 4.74 Å². The first kappa shape index (κ1) is 14.9. The molecule has 0 aliphatic carbocycles. The molecule has 0 atom stereocenters. The molecule has 3 rings (SSSR count). The standard InChI is InChI=1S/C20H18N2O/c1-16-10-12-18(13-11-16)22-21-15-17-6-5-9-20(14-17)23-19-7-3-2-4-8-19/h2-15,22H,1H3/b21-15+. The number of nitrogens with zero attached hydrogens (tertiary/aromatic N) is 1. The Balaban J connectivity index is 1.65. The van der Waals surface area contributed by atoms with Crippen molar-refractivity contribution in [1.29, 1.82) is 0 Å². The van der Waals surface area contributed by atoms with E-state index >= 15 is 0 Å². The predicted octanol–water partition coefficient (Wildman–Crippen LogP) is 5.23. The van der Waals surface area contributed by atoms with Crippen molar-refractivity contribution in [2.75, 3.05) is 5.43 Å². The molecule has 1 N–H and O–H groups in total. The van der Waals surface area contributed by atoms with Crippen LogP contribution in [0.5, 0.6) is 11.5 Å². The van der Waals surface area contributed by atoms with Gasteiger partial charge in [0.25, 0.3) is 0 Å². The van der Waals surface area contributed by atoms with Crippen LogP contribution in [0.3, 0.4) is 0 Å². The second kappa shape index (κ2) is 7.27. The molecule has 0 fully saturated rings. The van der Waals surface area contributed by atoms with Gasteiger partial charge in [-0.2, -0.15) is 5.10 Å². The van der Waals surface area contributed by atoms with Gasteiger partial charge in [0, 0.05) is 0 Å². The lowest BCUT2D eigenvalue weighted by Gasteiger charge is -2.06. The second-order valence-corrected chi connectivity index (χ2v) is 5.22. The molecule has 0 aliphatic rings. The molecular weight excluding hydrogens is 284 g/mol. The van der Waals surface area contributed by atoms with Crippen molar-refractivity contribution in [3.63, 3.8) is 0 Å². The number of nitrogens with one attached hydrogen (secondary N) is 1. The van der Waals surface area contributed by atoms with Gasteiger partial charge in [0.15, 0.2) is 0 Å². The fourth-order valence-corrected chi connectivity index (χ4v) is 2.09. The lowest BCUT2D eigenvalue weighted by molar-refractivity contribution is 0.482. The number of hydrogen-bond acceptors (Lipinski definition) is 3. The lowest BCUT2D eigenvalue weighted by Crippen LogP contribution is -1.91. The molecule has 3 nitrogen and oxygen atoms in total. The Bertz CT molecular complexity index is 780. The maximum absolute atomic E-state index is 5.81. The highest BCUT2D eigenvalue weighted by Crippen LogP contribution is 2.21. The summed E-state index contributed by atoms with van der Waals surface area (Å²) in [5.41, 5.74) is 6.18. The number of para-hydroxylation sites is 1. The monoisotopic (exact) mass is 302 g/mol. The van der Waals surface area contributed by atoms with E-state index in [1.165, 1.54) is 5.56 Å². The molecule has 0 amide bonds. The van der Waals surface area contributed by atoms with Crippen LogP contribution in [0, 0.1) is 6.92 Å². The maximum Gasteiger partial charge on any atom is 0.128 e. The summed E-state index contributed by atoms with van der Waals surface area (Å²) < 4.78 is 5.81. The van der Waals surface area contributed by atoms with Gasteiger partial charge < -0.3 is 4.74 Å². The molecule has 114 valence electrons. The van der Waals surface area contributed by atoms with Crippen LogP contribution in [0.2, 0.25) is 0 Å². The van der Waals surface area contributed by atoms with Gasteiger partial charge in [0.2, 0.25) is 0 Å². The first-order valence-electron chi connectivity index (χ1n) is 7.48. The Morgan fingerprint density at radius 3 is 2.35 bits per heavy atom. The SMILES string of the molecule is Cc1ccc(N/N=C/c2cccc(Oc3ccccc3)c2)cc1. The van der Waals surface area contributed by atoms with E-state index in [2.05, 4.69) is 17.5 Å². The minimum absolute atomic E-state index is 0.787. The van der Waals surface area contributed by atoms with Crippen LogP contribution in [-0.2, 0) is 0 Å². The normalized spacial score (nSPS) is 10.7. The smallest absolute Gasteiger partial charge is 0.128 e. The number of hydrazone groups is 1.